The van der Waals surface area contributed by atoms with Gasteiger partial charge in [0.1, 0.15) is 5.76 Å². The summed E-state index contributed by atoms with van der Waals surface area (Å²) in [6.45, 7) is 0.798. The van der Waals surface area contributed by atoms with Crippen LogP contribution in [0.25, 0.3) is 6.08 Å². The molecule has 110 valence electrons. The Hall–Kier alpha value is -2.35. The molecule has 0 radical (unpaired) electrons. The second kappa shape index (κ2) is 6.89. The molecule has 0 atom stereocenters. The van der Waals surface area contributed by atoms with Crippen LogP contribution in [0, 0.1) is 0 Å². The second-order valence-electron chi connectivity index (χ2n) is 4.07. The first kappa shape index (κ1) is 15.0. The van der Waals surface area contributed by atoms with Crippen LogP contribution < -0.4 is 5.32 Å². The third-order valence-corrected chi connectivity index (χ3v) is 2.94. The van der Waals surface area contributed by atoms with E-state index in [4.69, 9.17) is 9.52 Å². The molecule has 0 spiro atoms. The first-order valence-corrected chi connectivity index (χ1v) is 6.80. The van der Waals surface area contributed by atoms with Crippen molar-refractivity contribution in [3.63, 3.8) is 0 Å². The summed E-state index contributed by atoms with van der Waals surface area (Å²) in [6.07, 6.45) is 5.73. The lowest BCUT2D eigenvalue weighted by Crippen LogP contribution is -2.25. The lowest BCUT2D eigenvalue weighted by molar-refractivity contribution is -0.116. The standard InChI is InChI=1S/C13H12BrN3O4/c14-11-3-1-9(21-11)2-4-12(18)15-5-6-17-7-10(13(19)20)16-8-17/h1-4,7-8H,5-6H2,(H,15,18)(H,19,20)/b4-2+. The van der Waals surface area contributed by atoms with E-state index in [1.54, 1.807) is 22.8 Å². The minimum Gasteiger partial charge on any atom is -0.476 e. The van der Waals surface area contributed by atoms with Crippen LogP contribution >= 0.6 is 15.9 Å². The molecule has 8 heteroatoms. The van der Waals surface area contributed by atoms with E-state index in [9.17, 15) is 9.59 Å². The van der Waals surface area contributed by atoms with Gasteiger partial charge in [0.2, 0.25) is 5.91 Å². The molecule has 0 unspecified atom stereocenters. The number of nitrogens with one attached hydrogen (secondary N) is 1. The number of carboxylic acid groups (broad SMARTS) is 1. The first-order valence-electron chi connectivity index (χ1n) is 6.01. The molecule has 0 aliphatic heterocycles. The number of halogens is 1. The van der Waals surface area contributed by atoms with Crippen molar-refractivity contribution in [1.82, 2.24) is 14.9 Å². The van der Waals surface area contributed by atoms with Crippen molar-refractivity contribution in [3.05, 3.63) is 46.9 Å². The van der Waals surface area contributed by atoms with Gasteiger partial charge in [0.05, 0.1) is 6.33 Å². The number of nitrogens with zero attached hydrogens (tertiary/aromatic N) is 2. The Bertz CT molecular complexity index is 675. The van der Waals surface area contributed by atoms with E-state index in [-0.39, 0.29) is 11.6 Å². The summed E-state index contributed by atoms with van der Waals surface area (Å²) in [5.41, 5.74) is -0.0235. The number of hydrogen-bond donors (Lipinski definition) is 2. The van der Waals surface area contributed by atoms with E-state index >= 15 is 0 Å². The number of carboxylic acids is 1. The zero-order chi connectivity index (χ0) is 15.2. The summed E-state index contributed by atoms with van der Waals surface area (Å²) in [7, 11) is 0. The minimum atomic E-state index is -1.08. The average molecular weight is 354 g/mol. The third-order valence-electron chi connectivity index (χ3n) is 2.51. The molecule has 0 bridgehead atoms. The van der Waals surface area contributed by atoms with Gasteiger partial charge in [-0.15, -0.1) is 0 Å². The molecule has 2 N–H and O–H groups in total. The summed E-state index contributed by atoms with van der Waals surface area (Å²) in [5, 5.41) is 11.4. The zero-order valence-electron chi connectivity index (χ0n) is 10.8. The molecule has 7 nitrogen and oxygen atoms in total. The quantitative estimate of drug-likeness (QED) is 0.771. The van der Waals surface area contributed by atoms with E-state index < -0.39 is 5.97 Å². The van der Waals surface area contributed by atoms with Crippen molar-refractivity contribution in [3.8, 4) is 0 Å². The maximum Gasteiger partial charge on any atom is 0.356 e. The van der Waals surface area contributed by atoms with Crippen molar-refractivity contribution in [2.24, 2.45) is 0 Å². The lowest BCUT2D eigenvalue weighted by atomic mass is 10.4. The summed E-state index contributed by atoms with van der Waals surface area (Å²) in [4.78, 5) is 25.9. The topological polar surface area (TPSA) is 97.4 Å². The molecule has 0 saturated heterocycles. The molecule has 2 rings (SSSR count). The molecule has 2 aromatic rings. The number of hydrogen-bond acceptors (Lipinski definition) is 4. The monoisotopic (exact) mass is 353 g/mol. The number of imidazole rings is 1. The van der Waals surface area contributed by atoms with E-state index in [0.717, 1.165) is 0 Å². The SMILES string of the molecule is O=C(/C=C/c1ccc(Br)o1)NCCn1cnc(C(=O)O)c1. The predicted molar refractivity (Wildman–Crippen MR) is 77.6 cm³/mol. The first-order chi connectivity index (χ1) is 10.0. The highest BCUT2D eigenvalue weighted by Crippen LogP contribution is 2.14. The molecule has 0 aromatic carbocycles. The average Bonchev–Trinajstić information content (AvgIpc) is 3.05. The molecule has 0 saturated carbocycles. The van der Waals surface area contributed by atoms with Gasteiger partial charge < -0.3 is 19.4 Å². The van der Waals surface area contributed by atoms with Gasteiger partial charge in [-0.3, -0.25) is 4.79 Å². The molecular formula is C13H12BrN3O4. The van der Waals surface area contributed by atoms with Crippen LogP contribution in [0.4, 0.5) is 0 Å². The van der Waals surface area contributed by atoms with Crippen LogP contribution in [0.3, 0.4) is 0 Å². The van der Waals surface area contributed by atoms with Crippen molar-refractivity contribution >= 4 is 33.9 Å². The smallest absolute Gasteiger partial charge is 0.356 e. The third kappa shape index (κ3) is 4.60. The maximum absolute atomic E-state index is 11.6. The maximum atomic E-state index is 11.6. The normalized spacial score (nSPS) is 10.9. The fourth-order valence-electron chi connectivity index (χ4n) is 1.54. The van der Waals surface area contributed by atoms with Crippen LogP contribution in [-0.4, -0.2) is 33.1 Å². The zero-order valence-corrected chi connectivity index (χ0v) is 12.4. The Morgan fingerprint density at radius 3 is 2.90 bits per heavy atom. The van der Waals surface area contributed by atoms with Gasteiger partial charge >= 0.3 is 5.97 Å². The van der Waals surface area contributed by atoms with Crippen molar-refractivity contribution in [1.29, 1.82) is 0 Å². The van der Waals surface area contributed by atoms with Gasteiger partial charge in [0.25, 0.3) is 0 Å². The Balaban J connectivity index is 1.76. The number of amides is 1. The van der Waals surface area contributed by atoms with Gasteiger partial charge in [-0.1, -0.05) is 0 Å². The number of rotatable bonds is 6. The highest BCUT2D eigenvalue weighted by molar-refractivity contribution is 9.10. The molecule has 1 amide bonds. The van der Waals surface area contributed by atoms with Crippen LogP contribution in [0.2, 0.25) is 0 Å². The van der Waals surface area contributed by atoms with E-state index in [2.05, 4.69) is 26.2 Å². The van der Waals surface area contributed by atoms with E-state index in [1.165, 1.54) is 18.6 Å². The van der Waals surface area contributed by atoms with Crippen LogP contribution in [-0.2, 0) is 11.3 Å². The highest BCUT2D eigenvalue weighted by Gasteiger charge is 2.06. The molecule has 2 heterocycles. The Morgan fingerprint density at radius 2 is 2.29 bits per heavy atom. The number of carbonyl (C=O) groups is 2. The molecule has 21 heavy (non-hydrogen) atoms. The van der Waals surface area contributed by atoms with E-state index in [1.807, 2.05) is 0 Å². The molecule has 0 aliphatic rings. The van der Waals surface area contributed by atoms with Crippen molar-refractivity contribution in [2.75, 3.05) is 6.54 Å². The van der Waals surface area contributed by atoms with Gasteiger partial charge in [-0.05, 0) is 34.1 Å². The van der Waals surface area contributed by atoms with Crippen molar-refractivity contribution in [2.45, 2.75) is 6.54 Å². The summed E-state index contributed by atoms with van der Waals surface area (Å²) in [5.74, 6) is -0.774. The molecule has 2 aromatic heterocycles. The molecular weight excluding hydrogens is 342 g/mol. The Morgan fingerprint density at radius 1 is 1.48 bits per heavy atom. The van der Waals surface area contributed by atoms with Gasteiger partial charge in [0, 0.05) is 25.4 Å². The fraction of sp³-hybridized carbons (Fsp3) is 0.154. The lowest BCUT2D eigenvalue weighted by Gasteiger charge is -2.02. The number of carbonyl (C=O) groups excluding carboxylic acids is 1. The van der Waals surface area contributed by atoms with Gasteiger partial charge in [0.15, 0.2) is 10.4 Å². The second-order valence-corrected chi connectivity index (χ2v) is 4.85. The molecule has 0 fully saturated rings. The Kier molecular flexibility index (Phi) is 4.94. The predicted octanol–water partition coefficient (Wildman–Crippen LogP) is 1.77. The Labute approximate surface area is 128 Å². The minimum absolute atomic E-state index is 0.0235. The van der Waals surface area contributed by atoms with Gasteiger partial charge in [-0.25, -0.2) is 9.78 Å². The van der Waals surface area contributed by atoms with E-state index in [0.29, 0.717) is 23.5 Å². The summed E-state index contributed by atoms with van der Waals surface area (Å²) < 4.78 is 7.40. The molecule has 0 aliphatic carbocycles. The van der Waals surface area contributed by atoms with Gasteiger partial charge in [-0.2, -0.15) is 0 Å². The summed E-state index contributed by atoms with van der Waals surface area (Å²) >= 11 is 3.17. The fourth-order valence-corrected chi connectivity index (χ4v) is 1.85. The number of aromatic nitrogens is 2. The van der Waals surface area contributed by atoms with Crippen LogP contribution in [0.5, 0.6) is 0 Å². The van der Waals surface area contributed by atoms with Crippen LogP contribution in [0.15, 0.2) is 39.8 Å². The highest BCUT2D eigenvalue weighted by atomic mass is 79.9. The van der Waals surface area contributed by atoms with Crippen molar-refractivity contribution < 1.29 is 19.1 Å². The largest absolute Gasteiger partial charge is 0.476 e. The van der Waals surface area contributed by atoms with Crippen LogP contribution in [0.1, 0.15) is 16.2 Å². The number of furan rings is 1. The number of aromatic carboxylic acids is 1. The summed E-state index contributed by atoms with van der Waals surface area (Å²) in [6, 6.07) is 3.46.